The third kappa shape index (κ3) is 8.19. The van der Waals surface area contributed by atoms with Crippen LogP contribution < -0.4 is 11.5 Å². The number of aromatic nitrogens is 2. The molecule has 1 aliphatic rings. The van der Waals surface area contributed by atoms with E-state index >= 15 is 0 Å². The highest BCUT2D eigenvalue weighted by Crippen LogP contribution is 2.25. The van der Waals surface area contributed by atoms with Gasteiger partial charge in [-0.3, -0.25) is 15.6 Å². The van der Waals surface area contributed by atoms with Crippen LogP contribution in [-0.4, -0.2) is 44.6 Å². The zero-order valence-electron chi connectivity index (χ0n) is 22.6. The third-order valence-electron chi connectivity index (χ3n) is 7.52. The molecular weight excluding hydrogens is 533 g/mol. The van der Waals surface area contributed by atoms with Gasteiger partial charge in [-0.2, -0.15) is 0 Å². The van der Waals surface area contributed by atoms with Crippen molar-refractivity contribution in [1.29, 1.82) is 10.8 Å². The summed E-state index contributed by atoms with van der Waals surface area (Å²) >= 11 is 0. The summed E-state index contributed by atoms with van der Waals surface area (Å²) in [5.41, 5.74) is 15.6. The van der Waals surface area contributed by atoms with E-state index in [1.54, 1.807) is 0 Å². The predicted molar refractivity (Wildman–Crippen MR) is 164 cm³/mol. The molecule has 0 bridgehead atoms. The highest BCUT2D eigenvalue weighted by atomic mass is 35.5. The van der Waals surface area contributed by atoms with Crippen LogP contribution in [0.1, 0.15) is 78.7 Å². The molecule has 212 valence electrons. The number of amides is 1. The topological polar surface area (TPSA) is 138 Å². The number of hydrogen-bond donors (Lipinski definition) is 4. The van der Waals surface area contributed by atoms with Gasteiger partial charge in [0.05, 0.1) is 16.9 Å². The monoisotopic (exact) mass is 573 g/mol. The van der Waals surface area contributed by atoms with Gasteiger partial charge in [-0.05, 0) is 43.0 Å². The second-order valence-electron chi connectivity index (χ2n) is 10.2. The first-order chi connectivity index (χ1) is 17.8. The number of imidazole rings is 1. The molecular formula is C29H41Cl2N7O. The third-order valence-corrected chi connectivity index (χ3v) is 7.52. The number of nitrogens with one attached hydrogen (secondary N) is 2. The van der Waals surface area contributed by atoms with Crippen LogP contribution in [-0.2, 0) is 19.9 Å². The fourth-order valence-corrected chi connectivity index (χ4v) is 5.32. The van der Waals surface area contributed by atoms with E-state index in [1.807, 2.05) is 54.4 Å². The number of rotatable bonds is 9. The summed E-state index contributed by atoms with van der Waals surface area (Å²) in [6, 6.07) is 13.7. The molecule has 0 spiro atoms. The van der Waals surface area contributed by atoms with Crippen LogP contribution in [0.25, 0.3) is 11.0 Å². The van der Waals surface area contributed by atoms with Gasteiger partial charge < -0.3 is 20.9 Å². The minimum atomic E-state index is 0. The van der Waals surface area contributed by atoms with Gasteiger partial charge in [0.15, 0.2) is 0 Å². The predicted octanol–water partition coefficient (Wildman–Crippen LogP) is 5.37. The smallest absolute Gasteiger partial charge is 0.254 e. The first kappa shape index (κ1) is 32.1. The second kappa shape index (κ2) is 14.9. The van der Waals surface area contributed by atoms with Crippen LogP contribution in [0.5, 0.6) is 0 Å². The van der Waals surface area contributed by atoms with Gasteiger partial charge in [0.25, 0.3) is 5.91 Å². The lowest BCUT2D eigenvalue weighted by molar-refractivity contribution is 0.0653. The Morgan fingerprint density at radius 2 is 1.56 bits per heavy atom. The number of carbonyl (C=O) groups excluding carboxylic acids is 1. The molecule has 0 saturated heterocycles. The molecule has 1 heterocycles. The quantitative estimate of drug-likeness (QED) is 0.202. The first-order valence-electron chi connectivity index (χ1n) is 13.4. The summed E-state index contributed by atoms with van der Waals surface area (Å²) in [5, 5.41) is 15.2. The lowest BCUT2D eigenvalue weighted by Gasteiger charge is -2.33. The average molecular weight is 575 g/mol. The number of fused-ring (bicyclic) bond motifs is 1. The van der Waals surface area contributed by atoms with Crippen molar-refractivity contribution in [2.24, 2.45) is 18.5 Å². The SMILES string of the molecule is Cl.Cl.Cn1c(CCc2ccc(C(=N)N)cc2)nc2cc(C(=O)N(CCC(=N)N)C3CCCCCCC3)ccc21. The van der Waals surface area contributed by atoms with Gasteiger partial charge in [-0.25, -0.2) is 4.98 Å². The largest absolute Gasteiger partial charge is 0.388 e. The number of nitrogens with zero attached hydrogens (tertiary/aromatic N) is 3. The van der Waals surface area contributed by atoms with Crippen LogP contribution >= 0.6 is 24.8 Å². The molecule has 6 N–H and O–H groups in total. The maximum atomic E-state index is 13.7. The van der Waals surface area contributed by atoms with Crippen LogP contribution in [0.15, 0.2) is 42.5 Å². The standard InChI is InChI=1S/C29H39N7O.2ClH/c1-35-25-15-14-22(29(37)36(18-17-26(30)31)23-7-5-3-2-4-6-8-23)19-24(25)34-27(35)16-11-20-9-12-21(13-10-20)28(32)33;;/h9-10,12-15,19,23H,2-8,11,16-18H2,1H3,(H3,30,31)(H3,32,33);2*1H. The Hall–Kier alpha value is -3.10. The van der Waals surface area contributed by atoms with Crippen molar-refractivity contribution in [2.75, 3.05) is 6.54 Å². The first-order valence-corrected chi connectivity index (χ1v) is 13.4. The Bertz CT molecular complexity index is 1260. The molecule has 4 rings (SSSR count). The summed E-state index contributed by atoms with van der Waals surface area (Å²) in [4.78, 5) is 20.6. The molecule has 3 aromatic rings. The Morgan fingerprint density at radius 3 is 2.18 bits per heavy atom. The van der Waals surface area contributed by atoms with Gasteiger partial charge in [-0.15, -0.1) is 24.8 Å². The Morgan fingerprint density at radius 1 is 0.949 bits per heavy atom. The van der Waals surface area contributed by atoms with E-state index in [0.29, 0.717) is 18.5 Å². The Balaban J connectivity index is 0.00000267. The van der Waals surface area contributed by atoms with Crippen molar-refractivity contribution >= 4 is 53.4 Å². The maximum Gasteiger partial charge on any atom is 0.254 e. The molecule has 39 heavy (non-hydrogen) atoms. The molecule has 1 saturated carbocycles. The number of nitrogens with two attached hydrogens (primary N) is 2. The van der Waals surface area contributed by atoms with E-state index in [2.05, 4.69) is 4.57 Å². The summed E-state index contributed by atoms with van der Waals surface area (Å²) in [7, 11) is 2.01. The van der Waals surface area contributed by atoms with Gasteiger partial charge in [0.2, 0.25) is 0 Å². The van der Waals surface area contributed by atoms with Crippen molar-refractivity contribution in [3.63, 3.8) is 0 Å². The fraction of sp³-hybridized carbons (Fsp3) is 0.448. The minimum absolute atomic E-state index is 0. The molecule has 8 nitrogen and oxygen atoms in total. The fourth-order valence-electron chi connectivity index (χ4n) is 5.32. The molecule has 10 heteroatoms. The maximum absolute atomic E-state index is 13.7. The van der Waals surface area contributed by atoms with Gasteiger partial charge in [0.1, 0.15) is 11.7 Å². The molecule has 1 aromatic heterocycles. The zero-order valence-corrected chi connectivity index (χ0v) is 24.3. The average Bonchev–Trinajstić information content (AvgIpc) is 3.18. The lowest BCUT2D eigenvalue weighted by Crippen LogP contribution is -2.42. The van der Waals surface area contributed by atoms with Crippen molar-refractivity contribution in [3.05, 3.63) is 65.0 Å². The molecule has 0 unspecified atom stereocenters. The minimum Gasteiger partial charge on any atom is -0.388 e. The van der Waals surface area contributed by atoms with E-state index in [4.69, 9.17) is 27.3 Å². The Kier molecular flexibility index (Phi) is 12.3. The number of aryl methyl sites for hydroxylation is 3. The van der Waals surface area contributed by atoms with Crippen molar-refractivity contribution in [1.82, 2.24) is 14.5 Å². The van der Waals surface area contributed by atoms with Crippen molar-refractivity contribution in [3.8, 4) is 0 Å². The summed E-state index contributed by atoms with van der Waals surface area (Å²) < 4.78 is 2.09. The van der Waals surface area contributed by atoms with Gasteiger partial charge in [-0.1, -0.05) is 56.4 Å². The van der Waals surface area contributed by atoms with Gasteiger partial charge >= 0.3 is 0 Å². The highest BCUT2D eigenvalue weighted by Gasteiger charge is 2.26. The number of halogens is 2. The number of hydrogen-bond acceptors (Lipinski definition) is 4. The van der Waals surface area contributed by atoms with E-state index in [-0.39, 0.29) is 48.4 Å². The second-order valence-corrected chi connectivity index (χ2v) is 10.2. The van der Waals surface area contributed by atoms with E-state index in [1.165, 1.54) is 19.3 Å². The van der Waals surface area contributed by atoms with Crippen molar-refractivity contribution in [2.45, 2.75) is 70.3 Å². The molecule has 1 fully saturated rings. The van der Waals surface area contributed by atoms with E-state index in [9.17, 15) is 4.79 Å². The number of nitrogen functional groups attached to an aromatic ring is 1. The van der Waals surface area contributed by atoms with Crippen LogP contribution in [0.2, 0.25) is 0 Å². The zero-order chi connectivity index (χ0) is 26.4. The Labute approximate surface area is 243 Å². The number of amidine groups is 2. The molecule has 1 amide bonds. The van der Waals surface area contributed by atoms with Gasteiger partial charge in [0, 0.05) is 43.6 Å². The normalized spacial score (nSPS) is 14.0. The number of benzene rings is 2. The molecule has 0 atom stereocenters. The van der Waals surface area contributed by atoms with Crippen molar-refractivity contribution < 1.29 is 4.79 Å². The van der Waals surface area contributed by atoms with E-state index < -0.39 is 0 Å². The van der Waals surface area contributed by atoms with Crippen LogP contribution in [0, 0.1) is 10.8 Å². The van der Waals surface area contributed by atoms with Crippen LogP contribution in [0.3, 0.4) is 0 Å². The summed E-state index contributed by atoms with van der Waals surface area (Å²) in [6.07, 6.45) is 9.97. The molecule has 0 radical (unpaired) electrons. The lowest BCUT2D eigenvalue weighted by atomic mass is 9.95. The summed E-state index contributed by atoms with van der Waals surface area (Å²) in [5.74, 6) is 1.15. The molecule has 2 aromatic carbocycles. The summed E-state index contributed by atoms with van der Waals surface area (Å²) in [6.45, 7) is 0.479. The molecule has 1 aliphatic carbocycles. The highest BCUT2D eigenvalue weighted by molar-refractivity contribution is 5.98. The number of carbonyl (C=O) groups is 1. The molecule has 0 aliphatic heterocycles. The van der Waals surface area contributed by atoms with Crippen LogP contribution in [0.4, 0.5) is 0 Å². The van der Waals surface area contributed by atoms with E-state index in [0.717, 1.165) is 66.5 Å².